The Hall–Kier alpha value is -0.705. The number of hydrogen-bond acceptors (Lipinski definition) is 3. The molecule has 5 heteroatoms. The Labute approximate surface area is 96.1 Å². The molecule has 0 aromatic heterocycles. The molecule has 0 aliphatic heterocycles. The van der Waals surface area contributed by atoms with E-state index in [1.165, 1.54) is 19.3 Å². The molecule has 0 heterocycles. The molecule has 3 N–H and O–H groups in total. The molecule has 0 radical (unpaired) electrons. The van der Waals surface area contributed by atoms with Crippen LogP contribution in [0, 0.1) is 0 Å². The maximum Gasteiger partial charge on any atom is 0.490 e. The highest BCUT2D eigenvalue weighted by Gasteiger charge is 2.20. The molecule has 0 spiro atoms. The summed E-state index contributed by atoms with van der Waals surface area (Å²) in [5.41, 5.74) is 1.40. The van der Waals surface area contributed by atoms with Crippen LogP contribution in [0.5, 0.6) is 0 Å². The van der Waals surface area contributed by atoms with Crippen molar-refractivity contribution >= 4 is 30.7 Å². The van der Waals surface area contributed by atoms with Gasteiger partial charge in [0.15, 0.2) is 0 Å². The van der Waals surface area contributed by atoms with Crippen LogP contribution in [-0.4, -0.2) is 23.2 Å². The Bertz CT molecular complexity index is 318. The van der Waals surface area contributed by atoms with E-state index in [-0.39, 0.29) is 12.4 Å². The summed E-state index contributed by atoms with van der Waals surface area (Å²) in [6, 6.07) is 7.82. The number of rotatable bonds is 3. The van der Waals surface area contributed by atoms with Crippen molar-refractivity contribution in [3.05, 3.63) is 24.3 Å². The van der Waals surface area contributed by atoms with E-state index in [4.69, 9.17) is 10.0 Å². The Morgan fingerprint density at radius 3 is 2.40 bits per heavy atom. The molecule has 2 rings (SSSR count). The highest BCUT2D eigenvalue weighted by atomic mass is 35.5. The Morgan fingerprint density at radius 1 is 1.20 bits per heavy atom. The van der Waals surface area contributed by atoms with Gasteiger partial charge in [-0.25, -0.2) is 0 Å². The number of halogens is 1. The van der Waals surface area contributed by atoms with Gasteiger partial charge in [-0.2, -0.15) is 0 Å². The number of nitrogens with one attached hydrogen (secondary N) is 1. The third kappa shape index (κ3) is 2.87. The Morgan fingerprint density at radius 2 is 1.87 bits per heavy atom. The number of anilines is 1. The van der Waals surface area contributed by atoms with Crippen LogP contribution in [0.15, 0.2) is 24.3 Å². The number of hydrogen-bond donors (Lipinski definition) is 3. The lowest BCUT2D eigenvalue weighted by Gasteiger charge is -2.28. The van der Waals surface area contributed by atoms with Gasteiger partial charge in [0.2, 0.25) is 0 Å². The molecule has 0 bridgehead atoms. The summed E-state index contributed by atoms with van der Waals surface area (Å²) in [5, 5.41) is 21.6. The second-order valence-electron chi connectivity index (χ2n) is 3.73. The zero-order chi connectivity index (χ0) is 9.97. The second kappa shape index (κ2) is 5.40. The Kier molecular flexibility index (Phi) is 4.45. The van der Waals surface area contributed by atoms with E-state index >= 15 is 0 Å². The summed E-state index contributed by atoms with van der Waals surface area (Å²) < 4.78 is 0. The van der Waals surface area contributed by atoms with Gasteiger partial charge in [-0.3, -0.25) is 0 Å². The van der Waals surface area contributed by atoms with Gasteiger partial charge in [0.25, 0.3) is 0 Å². The van der Waals surface area contributed by atoms with Crippen LogP contribution >= 0.6 is 12.4 Å². The molecule has 82 valence electrons. The topological polar surface area (TPSA) is 52.5 Å². The van der Waals surface area contributed by atoms with E-state index < -0.39 is 7.12 Å². The first-order chi connectivity index (χ1) is 6.77. The molecule has 1 saturated carbocycles. The van der Waals surface area contributed by atoms with Crippen molar-refractivity contribution in [3.8, 4) is 0 Å². The van der Waals surface area contributed by atoms with Gasteiger partial charge in [-0.1, -0.05) is 18.2 Å². The van der Waals surface area contributed by atoms with E-state index in [1.54, 1.807) is 12.1 Å². The van der Waals surface area contributed by atoms with Crippen LogP contribution in [0.3, 0.4) is 0 Å². The second-order valence-corrected chi connectivity index (χ2v) is 3.73. The summed E-state index contributed by atoms with van der Waals surface area (Å²) in [4.78, 5) is 0. The molecule has 0 saturated heterocycles. The van der Waals surface area contributed by atoms with Gasteiger partial charge in [-0.05, 0) is 25.3 Å². The van der Waals surface area contributed by atoms with Crippen molar-refractivity contribution in [2.75, 3.05) is 5.32 Å². The predicted octanol–water partition coefficient (Wildman–Crippen LogP) is 0.753. The lowest BCUT2D eigenvalue weighted by Crippen LogP contribution is -2.36. The van der Waals surface area contributed by atoms with E-state index in [0.717, 1.165) is 5.69 Å². The quantitative estimate of drug-likeness (QED) is 0.668. The third-order valence-electron chi connectivity index (χ3n) is 2.70. The van der Waals surface area contributed by atoms with Crippen LogP contribution in [0.25, 0.3) is 0 Å². The first-order valence-corrected chi connectivity index (χ1v) is 4.99. The van der Waals surface area contributed by atoms with Crippen LogP contribution < -0.4 is 10.8 Å². The monoisotopic (exact) mass is 227 g/mol. The average molecular weight is 227 g/mol. The molecule has 0 amide bonds. The molecular weight excluding hydrogens is 212 g/mol. The summed E-state index contributed by atoms with van der Waals surface area (Å²) in [5.74, 6) is 0. The van der Waals surface area contributed by atoms with Crippen molar-refractivity contribution < 1.29 is 10.0 Å². The lowest BCUT2D eigenvalue weighted by atomic mass is 9.78. The van der Waals surface area contributed by atoms with Crippen molar-refractivity contribution in [1.29, 1.82) is 0 Å². The minimum Gasteiger partial charge on any atom is -0.423 e. The van der Waals surface area contributed by atoms with Crippen molar-refractivity contribution in [2.24, 2.45) is 0 Å². The standard InChI is InChI=1S/C10H14BNO2.ClH/c13-11(14)9-6-1-2-7-10(9)12-8-4-3-5-8;/h1-2,6-8,12-14H,3-5H2;1H. The van der Waals surface area contributed by atoms with Gasteiger partial charge in [-0.15, -0.1) is 12.4 Å². The molecule has 3 nitrogen and oxygen atoms in total. The van der Waals surface area contributed by atoms with Gasteiger partial charge >= 0.3 is 7.12 Å². The zero-order valence-electron chi connectivity index (χ0n) is 8.39. The highest BCUT2D eigenvalue weighted by Crippen LogP contribution is 2.22. The van der Waals surface area contributed by atoms with Gasteiger partial charge < -0.3 is 15.4 Å². The maximum atomic E-state index is 9.12. The first-order valence-electron chi connectivity index (χ1n) is 4.99. The summed E-state index contributed by atoms with van der Waals surface area (Å²) in [6.45, 7) is 0. The van der Waals surface area contributed by atoms with E-state index in [9.17, 15) is 0 Å². The molecule has 1 aromatic rings. The smallest absolute Gasteiger partial charge is 0.423 e. The largest absolute Gasteiger partial charge is 0.490 e. The third-order valence-corrected chi connectivity index (χ3v) is 2.70. The average Bonchev–Trinajstić information content (AvgIpc) is 2.12. The fourth-order valence-electron chi connectivity index (χ4n) is 1.63. The van der Waals surface area contributed by atoms with E-state index in [2.05, 4.69) is 5.32 Å². The van der Waals surface area contributed by atoms with Gasteiger partial charge in [0, 0.05) is 17.2 Å². The van der Waals surface area contributed by atoms with Crippen LogP contribution in [-0.2, 0) is 0 Å². The molecule has 0 atom stereocenters. The first kappa shape index (κ1) is 12.4. The SMILES string of the molecule is Cl.OB(O)c1ccccc1NC1CCC1. The summed E-state index contributed by atoms with van der Waals surface area (Å²) in [7, 11) is -1.39. The summed E-state index contributed by atoms with van der Waals surface area (Å²) >= 11 is 0. The number of benzene rings is 1. The fourth-order valence-corrected chi connectivity index (χ4v) is 1.63. The molecule has 1 aromatic carbocycles. The van der Waals surface area contributed by atoms with E-state index in [0.29, 0.717) is 11.5 Å². The molecule has 1 fully saturated rings. The number of para-hydroxylation sites is 1. The molecule has 15 heavy (non-hydrogen) atoms. The van der Waals surface area contributed by atoms with Gasteiger partial charge in [0.05, 0.1) is 0 Å². The van der Waals surface area contributed by atoms with Crippen molar-refractivity contribution in [2.45, 2.75) is 25.3 Å². The minimum atomic E-state index is -1.39. The Balaban J connectivity index is 0.00000112. The summed E-state index contributed by atoms with van der Waals surface area (Å²) in [6.07, 6.45) is 3.62. The lowest BCUT2D eigenvalue weighted by molar-refractivity contribution is 0.425. The van der Waals surface area contributed by atoms with Crippen LogP contribution in [0.2, 0.25) is 0 Å². The van der Waals surface area contributed by atoms with Crippen LogP contribution in [0.1, 0.15) is 19.3 Å². The molecule has 1 aliphatic carbocycles. The molecular formula is C10H15BClNO2. The zero-order valence-corrected chi connectivity index (χ0v) is 9.20. The fraction of sp³-hybridized carbons (Fsp3) is 0.400. The molecule has 0 unspecified atom stereocenters. The van der Waals surface area contributed by atoms with Crippen molar-refractivity contribution in [1.82, 2.24) is 0 Å². The predicted molar refractivity (Wildman–Crippen MR) is 64.8 cm³/mol. The van der Waals surface area contributed by atoms with Crippen molar-refractivity contribution in [3.63, 3.8) is 0 Å². The van der Waals surface area contributed by atoms with Gasteiger partial charge in [0.1, 0.15) is 0 Å². The van der Waals surface area contributed by atoms with E-state index in [1.807, 2.05) is 12.1 Å². The molecule has 1 aliphatic rings. The highest BCUT2D eigenvalue weighted by molar-refractivity contribution is 6.60. The normalized spacial score (nSPS) is 15.1. The van der Waals surface area contributed by atoms with Crippen LogP contribution in [0.4, 0.5) is 5.69 Å². The maximum absolute atomic E-state index is 9.12. The minimum absolute atomic E-state index is 0.